The maximum atomic E-state index is 10.9. The fourth-order valence-electron chi connectivity index (χ4n) is 2.14. The van der Waals surface area contributed by atoms with E-state index in [2.05, 4.69) is 16.9 Å². The first kappa shape index (κ1) is 10.6. The average Bonchev–Trinajstić information content (AvgIpc) is 2.64. The van der Waals surface area contributed by atoms with Crippen molar-refractivity contribution in [3.63, 3.8) is 0 Å². The van der Waals surface area contributed by atoms with Crippen molar-refractivity contribution in [2.75, 3.05) is 13.6 Å². The summed E-state index contributed by atoms with van der Waals surface area (Å²) in [5, 5.41) is 0.376. The van der Waals surface area contributed by atoms with Gasteiger partial charge in [-0.25, -0.2) is 4.98 Å². The molecule has 0 aliphatic carbocycles. The molecule has 3 nitrogen and oxygen atoms in total. The fraction of sp³-hybridized carbons (Fsp3) is 0.455. The van der Waals surface area contributed by atoms with Crippen molar-refractivity contribution in [1.29, 1.82) is 0 Å². The van der Waals surface area contributed by atoms with Crippen LogP contribution in [0.25, 0.3) is 0 Å². The number of rotatable bonds is 2. The van der Waals surface area contributed by atoms with Gasteiger partial charge in [0.2, 0.25) is 0 Å². The fourth-order valence-corrected chi connectivity index (χ4v) is 2.30. The zero-order valence-electron chi connectivity index (χ0n) is 8.61. The van der Waals surface area contributed by atoms with E-state index in [9.17, 15) is 4.79 Å². The third-order valence-corrected chi connectivity index (χ3v) is 3.15. The molecule has 2 rings (SSSR count). The summed E-state index contributed by atoms with van der Waals surface area (Å²) in [6, 6.07) is 1.95. The van der Waals surface area contributed by atoms with Gasteiger partial charge in [0.1, 0.15) is 5.15 Å². The highest BCUT2D eigenvalue weighted by molar-refractivity contribution is 6.29. The highest BCUT2D eigenvalue weighted by Crippen LogP contribution is 2.32. The SMILES string of the molecule is CN1CCC[C@H]1c1cnc(Cl)cc1C=O. The summed E-state index contributed by atoms with van der Waals surface area (Å²) < 4.78 is 0. The lowest BCUT2D eigenvalue weighted by Crippen LogP contribution is -2.18. The number of pyridine rings is 1. The minimum atomic E-state index is 0.315. The van der Waals surface area contributed by atoms with Gasteiger partial charge < -0.3 is 0 Å². The smallest absolute Gasteiger partial charge is 0.150 e. The van der Waals surface area contributed by atoms with Crippen LogP contribution in [-0.4, -0.2) is 29.8 Å². The van der Waals surface area contributed by atoms with Crippen molar-refractivity contribution in [3.05, 3.63) is 28.5 Å². The molecule has 1 aromatic heterocycles. The average molecular weight is 225 g/mol. The van der Waals surface area contributed by atoms with Crippen LogP contribution in [0, 0.1) is 0 Å². The van der Waals surface area contributed by atoms with Gasteiger partial charge in [0.25, 0.3) is 0 Å². The lowest BCUT2D eigenvalue weighted by molar-refractivity contribution is 0.112. The maximum absolute atomic E-state index is 10.9. The topological polar surface area (TPSA) is 33.2 Å². The molecule has 1 fully saturated rings. The van der Waals surface area contributed by atoms with E-state index in [4.69, 9.17) is 11.6 Å². The normalized spacial score (nSPS) is 21.9. The number of carbonyl (C=O) groups excluding carboxylic acids is 1. The summed E-state index contributed by atoms with van der Waals surface area (Å²) in [5.74, 6) is 0. The molecule has 0 bridgehead atoms. The Labute approximate surface area is 94.1 Å². The molecule has 0 aromatic carbocycles. The summed E-state index contributed by atoms with van der Waals surface area (Å²) in [4.78, 5) is 17.2. The van der Waals surface area contributed by atoms with Crippen LogP contribution in [0.1, 0.15) is 34.8 Å². The molecule has 1 aliphatic rings. The molecule has 1 atom stereocenters. The van der Waals surface area contributed by atoms with E-state index < -0.39 is 0 Å². The van der Waals surface area contributed by atoms with Gasteiger partial charge in [0.05, 0.1) is 0 Å². The predicted molar refractivity (Wildman–Crippen MR) is 59.2 cm³/mol. The quantitative estimate of drug-likeness (QED) is 0.571. The second-order valence-electron chi connectivity index (χ2n) is 3.89. The molecule has 0 N–H and O–H groups in total. The maximum Gasteiger partial charge on any atom is 0.150 e. The van der Waals surface area contributed by atoms with Gasteiger partial charge in [0, 0.05) is 17.8 Å². The summed E-state index contributed by atoms with van der Waals surface area (Å²) in [7, 11) is 2.07. The van der Waals surface area contributed by atoms with Crippen LogP contribution in [0.5, 0.6) is 0 Å². The molecule has 1 aliphatic heterocycles. The molecule has 1 saturated heterocycles. The summed E-state index contributed by atoms with van der Waals surface area (Å²) in [5.41, 5.74) is 1.66. The zero-order chi connectivity index (χ0) is 10.8. The molecule has 2 heterocycles. The first-order valence-electron chi connectivity index (χ1n) is 5.03. The van der Waals surface area contributed by atoms with Crippen LogP contribution in [0.15, 0.2) is 12.3 Å². The Morgan fingerprint density at radius 2 is 2.47 bits per heavy atom. The Bertz CT molecular complexity index is 381. The summed E-state index contributed by atoms with van der Waals surface area (Å²) >= 11 is 5.76. The van der Waals surface area contributed by atoms with Crippen LogP contribution in [-0.2, 0) is 0 Å². The van der Waals surface area contributed by atoms with Gasteiger partial charge in [-0.05, 0) is 38.1 Å². The van der Waals surface area contributed by atoms with Gasteiger partial charge in [-0.2, -0.15) is 0 Å². The molecule has 0 saturated carbocycles. The van der Waals surface area contributed by atoms with Crippen LogP contribution in [0.3, 0.4) is 0 Å². The zero-order valence-corrected chi connectivity index (χ0v) is 9.37. The van der Waals surface area contributed by atoms with Gasteiger partial charge in [-0.1, -0.05) is 11.6 Å². The van der Waals surface area contributed by atoms with Crippen molar-refractivity contribution in [1.82, 2.24) is 9.88 Å². The van der Waals surface area contributed by atoms with Crippen molar-refractivity contribution in [2.24, 2.45) is 0 Å². The van der Waals surface area contributed by atoms with E-state index in [1.165, 1.54) is 6.42 Å². The Hall–Kier alpha value is -0.930. The number of halogens is 1. The van der Waals surface area contributed by atoms with Crippen molar-refractivity contribution < 1.29 is 4.79 Å². The lowest BCUT2D eigenvalue weighted by atomic mass is 10.0. The van der Waals surface area contributed by atoms with E-state index in [0.717, 1.165) is 24.8 Å². The molecule has 0 spiro atoms. The highest BCUT2D eigenvalue weighted by atomic mass is 35.5. The Balaban J connectivity index is 2.38. The second-order valence-corrected chi connectivity index (χ2v) is 4.28. The molecule has 15 heavy (non-hydrogen) atoms. The number of aldehydes is 1. The van der Waals surface area contributed by atoms with Gasteiger partial charge in [0.15, 0.2) is 6.29 Å². The number of aromatic nitrogens is 1. The summed E-state index contributed by atoms with van der Waals surface area (Å²) in [6.45, 7) is 1.07. The van der Waals surface area contributed by atoms with Crippen molar-refractivity contribution in [3.8, 4) is 0 Å². The predicted octanol–water partition coefficient (Wildman–Crippen LogP) is 2.31. The largest absolute Gasteiger partial charge is 0.299 e. The van der Waals surface area contributed by atoms with E-state index in [-0.39, 0.29) is 0 Å². The van der Waals surface area contributed by atoms with Crippen LogP contribution < -0.4 is 0 Å². The van der Waals surface area contributed by atoms with Gasteiger partial charge >= 0.3 is 0 Å². The second kappa shape index (κ2) is 4.29. The Kier molecular flexibility index (Phi) is 3.03. The van der Waals surface area contributed by atoms with E-state index in [1.807, 2.05) is 0 Å². The van der Waals surface area contributed by atoms with Crippen LogP contribution in [0.4, 0.5) is 0 Å². The molecule has 0 radical (unpaired) electrons. The van der Waals surface area contributed by atoms with Crippen molar-refractivity contribution >= 4 is 17.9 Å². The molecule has 4 heteroatoms. The number of hydrogen-bond donors (Lipinski definition) is 0. The number of carbonyl (C=O) groups is 1. The standard InChI is InChI=1S/C11H13ClN2O/c1-14-4-2-3-10(14)9-6-13-11(12)5-8(9)7-15/h5-7,10H,2-4H2,1H3/t10-/m0/s1. The van der Waals surface area contributed by atoms with Gasteiger partial charge in [-0.3, -0.25) is 9.69 Å². The molecule has 1 aromatic rings. The van der Waals surface area contributed by atoms with E-state index in [1.54, 1.807) is 12.3 Å². The molecular formula is C11H13ClN2O. The minimum absolute atomic E-state index is 0.315. The number of nitrogens with zero attached hydrogens (tertiary/aromatic N) is 2. The van der Waals surface area contributed by atoms with Crippen LogP contribution >= 0.6 is 11.6 Å². The molecule has 0 amide bonds. The molecule has 80 valence electrons. The van der Waals surface area contributed by atoms with Crippen molar-refractivity contribution in [2.45, 2.75) is 18.9 Å². The highest BCUT2D eigenvalue weighted by Gasteiger charge is 2.24. The van der Waals surface area contributed by atoms with E-state index in [0.29, 0.717) is 16.8 Å². The Morgan fingerprint density at radius 3 is 3.07 bits per heavy atom. The number of likely N-dealkylation sites (tertiary alicyclic amines) is 1. The third-order valence-electron chi connectivity index (χ3n) is 2.94. The first-order valence-corrected chi connectivity index (χ1v) is 5.41. The van der Waals surface area contributed by atoms with E-state index >= 15 is 0 Å². The first-order chi connectivity index (χ1) is 7.22. The lowest BCUT2D eigenvalue weighted by Gasteiger charge is -2.20. The monoisotopic (exact) mass is 224 g/mol. The summed E-state index contributed by atoms with van der Waals surface area (Å²) in [6.07, 6.45) is 4.83. The third kappa shape index (κ3) is 2.03. The van der Waals surface area contributed by atoms with Gasteiger partial charge in [-0.15, -0.1) is 0 Å². The minimum Gasteiger partial charge on any atom is -0.299 e. The molecule has 0 unspecified atom stereocenters. The Morgan fingerprint density at radius 1 is 1.67 bits per heavy atom. The van der Waals surface area contributed by atoms with Crippen LogP contribution in [0.2, 0.25) is 5.15 Å². The number of hydrogen-bond acceptors (Lipinski definition) is 3. The molecular weight excluding hydrogens is 212 g/mol.